The highest BCUT2D eigenvalue weighted by Crippen LogP contribution is 2.61. The zero-order chi connectivity index (χ0) is 22.2. The molecule has 6 rings (SSSR count). The number of aryl methyl sites for hydroxylation is 1. The van der Waals surface area contributed by atoms with Gasteiger partial charge in [-0.3, -0.25) is 14.5 Å². The van der Waals surface area contributed by atoms with Gasteiger partial charge >= 0.3 is 0 Å². The van der Waals surface area contributed by atoms with Crippen molar-refractivity contribution in [2.45, 2.75) is 43.7 Å². The summed E-state index contributed by atoms with van der Waals surface area (Å²) < 4.78 is 15.5. The third-order valence-corrected chi connectivity index (χ3v) is 8.06. The molecule has 5 nitrogen and oxygen atoms in total. The molecule has 1 spiro atoms. The summed E-state index contributed by atoms with van der Waals surface area (Å²) in [5, 5.41) is 6.07. The molecule has 2 amide bonds. The van der Waals surface area contributed by atoms with Gasteiger partial charge in [-0.1, -0.05) is 35.9 Å². The fourth-order valence-electron chi connectivity index (χ4n) is 6.30. The number of likely N-dealkylation sites (tertiary alicyclic amines) is 1. The molecule has 4 atom stereocenters. The maximum Gasteiger partial charge on any atom is 0.250 e. The van der Waals surface area contributed by atoms with Crippen molar-refractivity contribution in [3.8, 4) is 0 Å². The molecule has 3 fully saturated rings. The van der Waals surface area contributed by atoms with Crippen LogP contribution >= 0.6 is 11.6 Å². The number of carbonyl (C=O) groups is 2. The minimum absolute atomic E-state index is 0.00796. The second-order valence-corrected chi connectivity index (χ2v) is 10.1. The molecule has 0 unspecified atom stereocenters. The van der Waals surface area contributed by atoms with E-state index in [-0.39, 0.29) is 22.9 Å². The molecule has 1 saturated carbocycles. The summed E-state index contributed by atoms with van der Waals surface area (Å²) in [6, 6.07) is 10.7. The largest absolute Gasteiger partial charge is 0.356 e. The molecule has 2 N–H and O–H groups in total. The van der Waals surface area contributed by atoms with Crippen LogP contribution in [0.2, 0.25) is 5.02 Å². The van der Waals surface area contributed by atoms with Gasteiger partial charge in [-0.05, 0) is 55.4 Å². The van der Waals surface area contributed by atoms with Crippen LogP contribution in [0.25, 0.3) is 0 Å². The van der Waals surface area contributed by atoms with Crippen LogP contribution in [0.1, 0.15) is 41.9 Å². The second-order valence-electron chi connectivity index (χ2n) is 9.66. The fourth-order valence-corrected chi connectivity index (χ4v) is 6.49. The van der Waals surface area contributed by atoms with Crippen LogP contribution in [0, 0.1) is 24.6 Å². The molecule has 2 aromatic carbocycles. The van der Waals surface area contributed by atoms with Gasteiger partial charge in [-0.15, -0.1) is 0 Å². The Morgan fingerprint density at radius 2 is 2.00 bits per heavy atom. The van der Waals surface area contributed by atoms with E-state index in [4.69, 9.17) is 11.6 Å². The Bertz CT molecular complexity index is 1150. The number of amides is 2. The Morgan fingerprint density at radius 3 is 2.78 bits per heavy atom. The number of nitrogens with one attached hydrogen (secondary N) is 2. The molecular weight excluding hydrogens is 429 g/mol. The van der Waals surface area contributed by atoms with E-state index in [1.54, 1.807) is 12.1 Å². The highest BCUT2D eigenvalue weighted by atomic mass is 35.5. The Balaban J connectivity index is 1.65. The van der Waals surface area contributed by atoms with Crippen molar-refractivity contribution < 1.29 is 14.0 Å². The van der Waals surface area contributed by atoms with Gasteiger partial charge < -0.3 is 10.6 Å². The van der Waals surface area contributed by atoms with Gasteiger partial charge in [0.15, 0.2) is 0 Å². The smallest absolute Gasteiger partial charge is 0.250 e. The number of hydrogen-bond acceptors (Lipinski definition) is 3. The van der Waals surface area contributed by atoms with Crippen LogP contribution in [0.15, 0.2) is 36.4 Å². The lowest BCUT2D eigenvalue weighted by Crippen LogP contribution is -2.53. The summed E-state index contributed by atoms with van der Waals surface area (Å²) >= 11 is 6.20. The predicted octanol–water partition coefficient (Wildman–Crippen LogP) is 3.95. The van der Waals surface area contributed by atoms with Crippen molar-refractivity contribution in [2.24, 2.45) is 11.8 Å². The van der Waals surface area contributed by atoms with Gasteiger partial charge in [0, 0.05) is 36.3 Å². The molecular formula is C25H25ClFN3O2. The number of fused-ring (bicyclic) bond motifs is 3. The first-order valence-electron chi connectivity index (χ1n) is 11.3. The molecule has 0 bridgehead atoms. The lowest BCUT2D eigenvalue weighted by molar-refractivity contribution is -0.128. The van der Waals surface area contributed by atoms with Crippen molar-refractivity contribution in [1.29, 1.82) is 0 Å². The van der Waals surface area contributed by atoms with Crippen LogP contribution in [-0.4, -0.2) is 35.8 Å². The van der Waals surface area contributed by atoms with E-state index in [9.17, 15) is 9.59 Å². The summed E-state index contributed by atoms with van der Waals surface area (Å²) in [5.41, 5.74) is 1.82. The molecule has 3 heterocycles. The van der Waals surface area contributed by atoms with Gasteiger partial charge in [-0.25, -0.2) is 4.39 Å². The zero-order valence-electron chi connectivity index (χ0n) is 17.8. The summed E-state index contributed by atoms with van der Waals surface area (Å²) in [5.74, 6) is -1.54. The molecule has 2 aromatic rings. The number of rotatable bonds is 3. The topological polar surface area (TPSA) is 61.4 Å². The minimum atomic E-state index is -1.14. The maximum absolute atomic E-state index is 15.5. The molecule has 4 aliphatic rings. The van der Waals surface area contributed by atoms with E-state index in [1.807, 2.05) is 25.1 Å². The molecule has 166 valence electrons. The van der Waals surface area contributed by atoms with Crippen LogP contribution < -0.4 is 10.6 Å². The van der Waals surface area contributed by atoms with Crippen LogP contribution in [0.3, 0.4) is 0 Å². The fraction of sp³-hybridized carbons (Fsp3) is 0.440. The van der Waals surface area contributed by atoms with E-state index in [0.717, 1.165) is 42.6 Å². The molecule has 7 heteroatoms. The molecule has 0 aromatic heterocycles. The average Bonchev–Trinajstić information content (AvgIpc) is 3.47. The van der Waals surface area contributed by atoms with Crippen molar-refractivity contribution in [3.05, 3.63) is 63.9 Å². The van der Waals surface area contributed by atoms with E-state index in [0.29, 0.717) is 18.0 Å². The number of carbonyl (C=O) groups excluding carboxylic acids is 2. The van der Waals surface area contributed by atoms with E-state index < -0.39 is 23.2 Å². The minimum Gasteiger partial charge on any atom is -0.356 e. The number of benzene rings is 2. The first kappa shape index (κ1) is 20.2. The van der Waals surface area contributed by atoms with E-state index in [2.05, 4.69) is 15.5 Å². The summed E-state index contributed by atoms with van der Waals surface area (Å²) in [4.78, 5) is 29.5. The Kier molecular flexibility index (Phi) is 4.43. The Hall–Kier alpha value is -2.44. The highest BCUT2D eigenvalue weighted by molar-refractivity contribution is 6.30. The first-order valence-corrected chi connectivity index (χ1v) is 11.7. The monoisotopic (exact) mass is 453 g/mol. The van der Waals surface area contributed by atoms with E-state index >= 15 is 4.39 Å². The van der Waals surface area contributed by atoms with Crippen molar-refractivity contribution >= 4 is 29.1 Å². The van der Waals surface area contributed by atoms with Crippen LogP contribution in [0.5, 0.6) is 0 Å². The van der Waals surface area contributed by atoms with Gasteiger partial charge in [-0.2, -0.15) is 0 Å². The predicted molar refractivity (Wildman–Crippen MR) is 120 cm³/mol. The normalized spacial score (nSPS) is 31.4. The summed E-state index contributed by atoms with van der Waals surface area (Å²) in [6.07, 6.45) is 2.97. The van der Waals surface area contributed by atoms with Gasteiger partial charge in [0.1, 0.15) is 11.4 Å². The Morgan fingerprint density at radius 1 is 1.19 bits per heavy atom. The third kappa shape index (κ3) is 2.66. The quantitative estimate of drug-likeness (QED) is 0.739. The van der Waals surface area contributed by atoms with Gasteiger partial charge in [0.05, 0.1) is 10.9 Å². The van der Waals surface area contributed by atoms with Gasteiger partial charge in [0.2, 0.25) is 11.8 Å². The summed E-state index contributed by atoms with van der Waals surface area (Å²) in [7, 11) is 0. The number of halogens is 2. The van der Waals surface area contributed by atoms with Crippen molar-refractivity contribution in [3.63, 3.8) is 0 Å². The SMILES string of the molecule is Cc1ccc2c(c1)NC(=O)[C@]21[C@@H](c2cccc(Cl)c2F)[C@@H]2C(=O)NCC[C@@H]2N1CC1CC1. The van der Waals surface area contributed by atoms with E-state index in [1.165, 1.54) is 6.07 Å². The summed E-state index contributed by atoms with van der Waals surface area (Å²) in [6.45, 7) is 3.27. The number of nitrogens with zero attached hydrogens (tertiary/aromatic N) is 1. The highest BCUT2D eigenvalue weighted by Gasteiger charge is 2.69. The first-order chi connectivity index (χ1) is 15.4. The van der Waals surface area contributed by atoms with Crippen molar-refractivity contribution in [1.82, 2.24) is 10.2 Å². The van der Waals surface area contributed by atoms with Crippen LogP contribution in [-0.2, 0) is 15.1 Å². The number of piperidine rings is 1. The number of anilines is 1. The number of hydrogen-bond donors (Lipinski definition) is 2. The molecule has 0 radical (unpaired) electrons. The maximum atomic E-state index is 15.5. The standard InChI is InChI=1S/C25H25ClFN3O2/c1-13-5-8-16-18(11-13)29-24(32)25(16)21(15-3-2-4-17(26)22(15)27)20-19(9-10-28-23(20)31)30(25)12-14-6-7-14/h2-5,8,11,14,19-21H,6-7,9-10,12H2,1H3,(H,28,31)(H,29,32)/t19-,20+,21-,25+/m0/s1. The van der Waals surface area contributed by atoms with Gasteiger partial charge in [0.25, 0.3) is 0 Å². The lowest BCUT2D eigenvalue weighted by atomic mass is 9.70. The lowest BCUT2D eigenvalue weighted by Gasteiger charge is -2.40. The average molecular weight is 454 g/mol. The van der Waals surface area contributed by atoms with Crippen molar-refractivity contribution in [2.75, 3.05) is 18.4 Å². The zero-order valence-corrected chi connectivity index (χ0v) is 18.6. The second kappa shape index (κ2) is 7.03. The Labute approximate surface area is 191 Å². The molecule has 2 saturated heterocycles. The molecule has 32 heavy (non-hydrogen) atoms. The molecule has 1 aliphatic carbocycles. The molecule has 3 aliphatic heterocycles. The third-order valence-electron chi connectivity index (χ3n) is 7.77. The van der Waals surface area contributed by atoms with Crippen LogP contribution in [0.4, 0.5) is 10.1 Å².